The van der Waals surface area contributed by atoms with Crippen molar-refractivity contribution in [3.8, 4) is 0 Å². The molecule has 0 radical (unpaired) electrons. The van der Waals surface area contributed by atoms with Gasteiger partial charge in [-0.3, -0.25) is 4.79 Å². The van der Waals surface area contributed by atoms with Gasteiger partial charge in [0.05, 0.1) is 19.1 Å². The molecular weight excluding hydrogens is 272 g/mol. The van der Waals surface area contributed by atoms with Gasteiger partial charge in [-0.15, -0.1) is 0 Å². The number of carboxylic acid groups (broad SMARTS) is 1. The topological polar surface area (TPSA) is 87.7 Å². The predicted molar refractivity (Wildman–Crippen MR) is 80.2 cm³/mol. The Labute approximate surface area is 126 Å². The molecule has 1 rings (SSSR count). The van der Waals surface area contributed by atoms with Gasteiger partial charge in [-0.2, -0.15) is 0 Å². The Morgan fingerprint density at radius 1 is 1.24 bits per heavy atom. The van der Waals surface area contributed by atoms with Crippen molar-refractivity contribution in [2.45, 2.75) is 64.5 Å². The van der Waals surface area contributed by atoms with Gasteiger partial charge in [0, 0.05) is 12.6 Å². The van der Waals surface area contributed by atoms with E-state index >= 15 is 0 Å². The molecule has 1 atom stereocenters. The van der Waals surface area contributed by atoms with Crippen molar-refractivity contribution in [3.05, 3.63) is 0 Å². The summed E-state index contributed by atoms with van der Waals surface area (Å²) >= 11 is 0. The van der Waals surface area contributed by atoms with Crippen molar-refractivity contribution in [3.63, 3.8) is 0 Å². The SMILES string of the molecule is CC(C)C(CC(=O)O)NC(=O)NCCOC1CCCCC1. The summed E-state index contributed by atoms with van der Waals surface area (Å²) in [6.07, 6.45) is 6.23. The van der Waals surface area contributed by atoms with Crippen LogP contribution in [0.15, 0.2) is 0 Å². The quantitative estimate of drug-likeness (QED) is 0.599. The van der Waals surface area contributed by atoms with E-state index in [0.29, 0.717) is 19.3 Å². The van der Waals surface area contributed by atoms with E-state index in [4.69, 9.17) is 9.84 Å². The highest BCUT2D eigenvalue weighted by Gasteiger charge is 2.19. The minimum Gasteiger partial charge on any atom is -0.481 e. The Balaban J connectivity index is 2.15. The molecule has 122 valence electrons. The third-order valence-electron chi connectivity index (χ3n) is 3.81. The fourth-order valence-electron chi connectivity index (χ4n) is 2.48. The maximum atomic E-state index is 11.7. The Hall–Kier alpha value is -1.30. The molecule has 0 aromatic heterocycles. The summed E-state index contributed by atoms with van der Waals surface area (Å²) in [5.41, 5.74) is 0. The second kappa shape index (κ2) is 9.60. The van der Waals surface area contributed by atoms with Crippen molar-refractivity contribution in [1.29, 1.82) is 0 Å². The van der Waals surface area contributed by atoms with Gasteiger partial charge in [0.15, 0.2) is 0 Å². The number of amides is 2. The normalized spacial score (nSPS) is 17.5. The van der Waals surface area contributed by atoms with E-state index in [1.54, 1.807) is 0 Å². The lowest BCUT2D eigenvalue weighted by molar-refractivity contribution is -0.137. The van der Waals surface area contributed by atoms with Crippen molar-refractivity contribution in [2.24, 2.45) is 5.92 Å². The molecule has 1 aliphatic rings. The number of carbonyl (C=O) groups excluding carboxylic acids is 1. The third kappa shape index (κ3) is 7.90. The van der Waals surface area contributed by atoms with Crippen LogP contribution in [0.5, 0.6) is 0 Å². The predicted octanol–water partition coefficient (Wildman–Crippen LogP) is 2.13. The molecule has 0 saturated heterocycles. The van der Waals surface area contributed by atoms with Gasteiger partial charge in [-0.05, 0) is 18.8 Å². The van der Waals surface area contributed by atoms with Crippen LogP contribution in [0, 0.1) is 5.92 Å². The first-order valence-corrected chi connectivity index (χ1v) is 7.86. The van der Waals surface area contributed by atoms with Crippen LogP contribution in [0.2, 0.25) is 0 Å². The Kier molecular flexibility index (Phi) is 8.12. The van der Waals surface area contributed by atoms with Crippen LogP contribution in [0.4, 0.5) is 4.79 Å². The molecule has 1 fully saturated rings. The van der Waals surface area contributed by atoms with E-state index in [1.165, 1.54) is 19.3 Å². The number of rotatable bonds is 8. The van der Waals surface area contributed by atoms with Gasteiger partial charge in [0.25, 0.3) is 0 Å². The lowest BCUT2D eigenvalue weighted by Crippen LogP contribution is -2.46. The summed E-state index contributed by atoms with van der Waals surface area (Å²) in [6, 6.07) is -0.691. The van der Waals surface area contributed by atoms with Crippen LogP contribution >= 0.6 is 0 Å². The molecule has 0 aromatic carbocycles. The first-order valence-electron chi connectivity index (χ1n) is 7.86. The number of aliphatic carboxylic acids is 1. The summed E-state index contributed by atoms with van der Waals surface area (Å²) in [5, 5.41) is 14.2. The Bertz CT molecular complexity index is 328. The van der Waals surface area contributed by atoms with Gasteiger partial charge in [-0.25, -0.2) is 4.79 Å². The molecule has 1 aliphatic carbocycles. The molecule has 0 aliphatic heterocycles. The zero-order chi connectivity index (χ0) is 15.7. The zero-order valence-corrected chi connectivity index (χ0v) is 13.1. The minimum absolute atomic E-state index is 0.0658. The third-order valence-corrected chi connectivity index (χ3v) is 3.81. The average molecular weight is 300 g/mol. The highest BCUT2D eigenvalue weighted by atomic mass is 16.5. The van der Waals surface area contributed by atoms with Gasteiger partial charge in [0.1, 0.15) is 0 Å². The van der Waals surface area contributed by atoms with E-state index in [1.807, 2.05) is 13.8 Å². The largest absolute Gasteiger partial charge is 0.481 e. The maximum absolute atomic E-state index is 11.7. The number of hydrogen-bond acceptors (Lipinski definition) is 3. The summed E-state index contributed by atoms with van der Waals surface area (Å²) in [5.74, 6) is -0.833. The summed E-state index contributed by atoms with van der Waals surface area (Å²) in [6.45, 7) is 4.73. The van der Waals surface area contributed by atoms with Crippen LogP contribution in [0.1, 0.15) is 52.4 Å². The molecule has 0 aromatic rings. The van der Waals surface area contributed by atoms with E-state index < -0.39 is 5.97 Å². The standard InChI is InChI=1S/C15H28N2O4/c1-11(2)13(10-14(18)19)17-15(20)16-8-9-21-12-6-4-3-5-7-12/h11-13H,3-10H2,1-2H3,(H,18,19)(H2,16,17,20). The number of nitrogens with one attached hydrogen (secondary N) is 2. The average Bonchev–Trinajstić information content (AvgIpc) is 2.43. The number of hydrogen-bond donors (Lipinski definition) is 3. The molecule has 21 heavy (non-hydrogen) atoms. The molecule has 3 N–H and O–H groups in total. The smallest absolute Gasteiger partial charge is 0.315 e. The summed E-state index contributed by atoms with van der Waals surface area (Å²) < 4.78 is 5.71. The molecular formula is C15H28N2O4. The van der Waals surface area contributed by atoms with Crippen molar-refractivity contribution in [2.75, 3.05) is 13.2 Å². The number of ether oxygens (including phenoxy) is 1. The molecule has 0 bridgehead atoms. The highest BCUT2D eigenvalue weighted by molar-refractivity contribution is 5.75. The van der Waals surface area contributed by atoms with Crippen molar-refractivity contribution in [1.82, 2.24) is 10.6 Å². The second-order valence-electron chi connectivity index (χ2n) is 5.98. The molecule has 0 spiro atoms. The molecule has 1 unspecified atom stereocenters. The van der Waals surface area contributed by atoms with Gasteiger partial charge in [0.2, 0.25) is 0 Å². The highest BCUT2D eigenvalue weighted by Crippen LogP contribution is 2.19. The monoisotopic (exact) mass is 300 g/mol. The molecule has 1 saturated carbocycles. The zero-order valence-electron chi connectivity index (χ0n) is 13.1. The first kappa shape index (κ1) is 17.8. The van der Waals surface area contributed by atoms with E-state index in [0.717, 1.165) is 12.8 Å². The maximum Gasteiger partial charge on any atom is 0.315 e. The van der Waals surface area contributed by atoms with Crippen LogP contribution < -0.4 is 10.6 Å². The number of carboxylic acids is 1. The minimum atomic E-state index is -0.908. The van der Waals surface area contributed by atoms with Gasteiger partial charge >= 0.3 is 12.0 Å². The summed E-state index contributed by atoms with van der Waals surface area (Å²) in [7, 11) is 0. The summed E-state index contributed by atoms with van der Waals surface area (Å²) in [4.78, 5) is 22.5. The fourth-order valence-corrected chi connectivity index (χ4v) is 2.48. The lowest BCUT2D eigenvalue weighted by atomic mass is 9.98. The van der Waals surface area contributed by atoms with Crippen LogP contribution in [0.25, 0.3) is 0 Å². The Morgan fingerprint density at radius 3 is 2.48 bits per heavy atom. The van der Waals surface area contributed by atoms with Crippen molar-refractivity contribution < 1.29 is 19.4 Å². The van der Waals surface area contributed by atoms with E-state index in [2.05, 4.69) is 10.6 Å². The number of carbonyl (C=O) groups is 2. The van der Waals surface area contributed by atoms with Crippen LogP contribution in [0.3, 0.4) is 0 Å². The second-order valence-corrected chi connectivity index (χ2v) is 5.98. The van der Waals surface area contributed by atoms with Crippen molar-refractivity contribution >= 4 is 12.0 Å². The Morgan fingerprint density at radius 2 is 1.90 bits per heavy atom. The van der Waals surface area contributed by atoms with E-state index in [-0.39, 0.29) is 24.4 Å². The molecule has 6 heteroatoms. The van der Waals surface area contributed by atoms with Crippen LogP contribution in [-0.2, 0) is 9.53 Å². The van der Waals surface area contributed by atoms with Crippen LogP contribution in [-0.4, -0.2) is 42.4 Å². The number of urea groups is 1. The first-order chi connectivity index (χ1) is 9.99. The molecule has 0 heterocycles. The fraction of sp³-hybridized carbons (Fsp3) is 0.867. The lowest BCUT2D eigenvalue weighted by Gasteiger charge is -2.23. The molecule has 2 amide bonds. The van der Waals surface area contributed by atoms with Gasteiger partial charge < -0.3 is 20.5 Å². The van der Waals surface area contributed by atoms with E-state index in [9.17, 15) is 9.59 Å². The van der Waals surface area contributed by atoms with Gasteiger partial charge in [-0.1, -0.05) is 33.1 Å². The molecule has 6 nitrogen and oxygen atoms in total.